The molecule has 1 saturated heterocycles. The largest absolute Gasteiger partial charge is 0.376 e. The number of ether oxygens (including phenoxy) is 1. The lowest BCUT2D eigenvalue weighted by molar-refractivity contribution is -0.0158. The van der Waals surface area contributed by atoms with Gasteiger partial charge in [0.1, 0.15) is 0 Å². The van der Waals surface area contributed by atoms with Gasteiger partial charge in [0, 0.05) is 25.4 Å². The van der Waals surface area contributed by atoms with Crippen LogP contribution < -0.4 is 0 Å². The zero-order chi connectivity index (χ0) is 13.8. The van der Waals surface area contributed by atoms with E-state index in [1.54, 1.807) is 11.8 Å². The van der Waals surface area contributed by atoms with Crippen molar-refractivity contribution in [2.45, 2.75) is 49.9 Å². The molecular weight excluding hydrogens is 274 g/mol. The van der Waals surface area contributed by atoms with Gasteiger partial charge in [-0.3, -0.25) is 4.90 Å². The third-order valence-corrected chi connectivity index (χ3v) is 5.01. The normalized spacial score (nSPS) is 25.4. The summed E-state index contributed by atoms with van der Waals surface area (Å²) in [5, 5.41) is 13.2. The summed E-state index contributed by atoms with van der Waals surface area (Å²) in [6.07, 6.45) is 5.41. The van der Waals surface area contributed by atoms with Gasteiger partial charge < -0.3 is 4.74 Å². The lowest BCUT2D eigenvalue weighted by Crippen LogP contribution is -2.42. The van der Waals surface area contributed by atoms with Gasteiger partial charge in [-0.25, -0.2) is 4.68 Å². The molecule has 2 heterocycles. The fraction of sp³-hybridized carbons (Fsp3) is 0.923. The van der Waals surface area contributed by atoms with E-state index in [0.717, 1.165) is 37.2 Å². The Bertz CT molecular complexity index is 421. The molecule has 3 rings (SSSR count). The van der Waals surface area contributed by atoms with E-state index < -0.39 is 0 Å². The quantitative estimate of drug-likeness (QED) is 0.770. The second-order valence-corrected chi connectivity index (χ2v) is 6.74. The average Bonchev–Trinajstić information content (AvgIpc) is 3.09. The van der Waals surface area contributed by atoms with E-state index in [1.807, 2.05) is 4.68 Å². The van der Waals surface area contributed by atoms with Crippen LogP contribution in [0.5, 0.6) is 0 Å². The first-order chi connectivity index (χ1) is 9.83. The van der Waals surface area contributed by atoms with Crippen molar-refractivity contribution in [3.8, 4) is 0 Å². The highest BCUT2D eigenvalue weighted by Gasteiger charge is 2.22. The molecule has 2 fully saturated rings. The number of thioether (sulfide) groups is 1. The first-order valence-electron chi connectivity index (χ1n) is 7.57. The van der Waals surface area contributed by atoms with Crippen LogP contribution in [0.2, 0.25) is 0 Å². The molecule has 7 heteroatoms. The zero-order valence-corrected chi connectivity index (χ0v) is 12.9. The first-order valence-corrected chi connectivity index (χ1v) is 8.56. The van der Waals surface area contributed by atoms with E-state index in [2.05, 4.69) is 27.3 Å². The first kappa shape index (κ1) is 14.3. The van der Waals surface area contributed by atoms with Crippen molar-refractivity contribution in [1.82, 2.24) is 25.1 Å². The fourth-order valence-electron chi connectivity index (χ4n) is 3.02. The Kier molecular flexibility index (Phi) is 4.90. The predicted octanol–water partition coefficient (Wildman–Crippen LogP) is 1.60. The van der Waals surface area contributed by atoms with E-state index >= 15 is 0 Å². The van der Waals surface area contributed by atoms with Gasteiger partial charge in [0.05, 0.1) is 18.8 Å². The van der Waals surface area contributed by atoms with Crippen molar-refractivity contribution < 1.29 is 4.74 Å². The number of tetrazole rings is 1. The van der Waals surface area contributed by atoms with Crippen LogP contribution in [0, 0.1) is 0 Å². The van der Waals surface area contributed by atoms with E-state index in [9.17, 15) is 0 Å². The van der Waals surface area contributed by atoms with Crippen molar-refractivity contribution in [1.29, 1.82) is 0 Å². The van der Waals surface area contributed by atoms with Crippen LogP contribution in [-0.2, 0) is 4.74 Å². The number of aromatic nitrogens is 4. The second-order valence-electron chi connectivity index (χ2n) is 5.67. The fourth-order valence-corrected chi connectivity index (χ4v) is 3.96. The minimum Gasteiger partial charge on any atom is -0.376 e. The lowest BCUT2D eigenvalue weighted by Gasteiger charge is -2.30. The van der Waals surface area contributed by atoms with Crippen LogP contribution >= 0.6 is 11.8 Å². The molecule has 6 nitrogen and oxygen atoms in total. The smallest absolute Gasteiger partial charge is 0.209 e. The second kappa shape index (κ2) is 6.87. The van der Waals surface area contributed by atoms with E-state index in [1.165, 1.54) is 25.7 Å². The molecule has 1 atom stereocenters. The highest BCUT2D eigenvalue weighted by Crippen LogP contribution is 2.31. The summed E-state index contributed by atoms with van der Waals surface area (Å²) >= 11 is 1.78. The van der Waals surface area contributed by atoms with Gasteiger partial charge in [-0.2, -0.15) is 0 Å². The molecule has 1 aliphatic carbocycles. The van der Waals surface area contributed by atoms with Crippen LogP contribution in [-0.4, -0.2) is 63.2 Å². The molecule has 2 aliphatic rings. The van der Waals surface area contributed by atoms with Crippen molar-refractivity contribution in [3.05, 3.63) is 0 Å². The van der Waals surface area contributed by atoms with Crippen LogP contribution in [0.3, 0.4) is 0 Å². The number of morpholine rings is 1. The molecule has 1 aromatic heterocycles. The predicted molar refractivity (Wildman–Crippen MR) is 77.9 cm³/mol. The molecule has 20 heavy (non-hydrogen) atoms. The summed E-state index contributed by atoms with van der Waals surface area (Å²) in [5.74, 6) is 1.04. The van der Waals surface area contributed by atoms with E-state index in [4.69, 9.17) is 4.74 Å². The van der Waals surface area contributed by atoms with Crippen LogP contribution in [0.4, 0.5) is 0 Å². The topological polar surface area (TPSA) is 56.1 Å². The van der Waals surface area contributed by atoms with Gasteiger partial charge in [-0.15, -0.1) is 5.10 Å². The maximum Gasteiger partial charge on any atom is 0.209 e. The molecule has 0 N–H and O–H groups in total. The molecular formula is C13H23N5OS. The summed E-state index contributed by atoms with van der Waals surface area (Å²) in [7, 11) is 0. The van der Waals surface area contributed by atoms with Crippen LogP contribution in [0.1, 0.15) is 38.6 Å². The van der Waals surface area contributed by atoms with Crippen LogP contribution in [0.15, 0.2) is 5.16 Å². The summed E-state index contributed by atoms with van der Waals surface area (Å²) in [4.78, 5) is 2.46. The third kappa shape index (κ3) is 3.51. The van der Waals surface area contributed by atoms with Gasteiger partial charge in [-0.05, 0) is 30.2 Å². The third-order valence-electron chi connectivity index (χ3n) is 4.10. The Hall–Kier alpha value is -0.660. The minimum absolute atomic E-state index is 0.359. The Morgan fingerprint density at radius 1 is 1.35 bits per heavy atom. The Morgan fingerprint density at radius 2 is 2.20 bits per heavy atom. The number of nitrogens with zero attached hydrogens (tertiary/aromatic N) is 5. The van der Waals surface area contributed by atoms with Gasteiger partial charge in [0.15, 0.2) is 0 Å². The highest BCUT2D eigenvalue weighted by molar-refractivity contribution is 7.99. The monoisotopic (exact) mass is 297 g/mol. The van der Waals surface area contributed by atoms with Gasteiger partial charge in [-0.1, -0.05) is 24.6 Å². The standard InChI is InChI=1S/C13H23N5OS/c1-11-10-17(6-8-19-11)7-9-20-13-14-15-16-18(13)12-4-2-3-5-12/h11-12H,2-10H2,1H3. The Labute approximate surface area is 124 Å². The van der Waals surface area contributed by atoms with Crippen molar-refractivity contribution in [3.63, 3.8) is 0 Å². The summed E-state index contributed by atoms with van der Waals surface area (Å²) < 4.78 is 7.60. The van der Waals surface area contributed by atoms with Gasteiger partial charge in [0.2, 0.25) is 5.16 Å². The summed E-state index contributed by atoms with van der Waals surface area (Å²) in [5.41, 5.74) is 0. The minimum atomic E-state index is 0.359. The molecule has 0 aromatic carbocycles. The number of hydrogen-bond acceptors (Lipinski definition) is 6. The van der Waals surface area contributed by atoms with Gasteiger partial charge >= 0.3 is 0 Å². The van der Waals surface area contributed by atoms with Crippen molar-refractivity contribution in [2.75, 3.05) is 32.0 Å². The SMILES string of the molecule is CC1CN(CCSc2nnnn2C2CCCC2)CCO1. The Morgan fingerprint density at radius 3 is 3.00 bits per heavy atom. The van der Waals surface area contributed by atoms with Crippen LogP contribution in [0.25, 0.3) is 0 Å². The lowest BCUT2D eigenvalue weighted by atomic mass is 10.3. The molecule has 0 bridgehead atoms. The highest BCUT2D eigenvalue weighted by atomic mass is 32.2. The Balaban J connectivity index is 1.47. The molecule has 0 radical (unpaired) electrons. The molecule has 1 aromatic rings. The number of hydrogen-bond donors (Lipinski definition) is 0. The molecule has 0 amide bonds. The molecule has 112 valence electrons. The summed E-state index contributed by atoms with van der Waals surface area (Å²) in [6, 6.07) is 0.524. The maximum absolute atomic E-state index is 5.56. The van der Waals surface area contributed by atoms with Gasteiger partial charge in [0.25, 0.3) is 0 Å². The maximum atomic E-state index is 5.56. The summed E-state index contributed by atoms with van der Waals surface area (Å²) in [6.45, 7) is 6.15. The van der Waals surface area contributed by atoms with Crippen molar-refractivity contribution >= 4 is 11.8 Å². The molecule has 1 aliphatic heterocycles. The average molecular weight is 297 g/mol. The zero-order valence-electron chi connectivity index (χ0n) is 12.1. The molecule has 1 saturated carbocycles. The molecule has 1 unspecified atom stereocenters. The van der Waals surface area contributed by atoms with E-state index in [-0.39, 0.29) is 0 Å². The van der Waals surface area contributed by atoms with E-state index in [0.29, 0.717) is 12.1 Å². The van der Waals surface area contributed by atoms with Crippen molar-refractivity contribution in [2.24, 2.45) is 0 Å². The molecule has 0 spiro atoms. The number of rotatable bonds is 5.